The van der Waals surface area contributed by atoms with Gasteiger partial charge in [-0.05, 0) is 51.3 Å². The molecule has 0 bridgehead atoms. The van der Waals surface area contributed by atoms with Crippen LogP contribution in [0.5, 0.6) is 0 Å². The van der Waals surface area contributed by atoms with E-state index in [4.69, 9.17) is 4.42 Å². The Bertz CT molecular complexity index is 655. The number of piperidine rings is 1. The van der Waals surface area contributed by atoms with Gasteiger partial charge in [0.05, 0.1) is 6.42 Å². The van der Waals surface area contributed by atoms with Crippen molar-refractivity contribution >= 4 is 6.01 Å². The first-order valence-electron chi connectivity index (χ1n) is 9.09. The fraction of sp³-hybridized carbons (Fsp3) is 0.579. The average molecular weight is 326 g/mol. The molecule has 24 heavy (non-hydrogen) atoms. The summed E-state index contributed by atoms with van der Waals surface area (Å²) < 4.78 is 5.91. The highest BCUT2D eigenvalue weighted by Crippen LogP contribution is 2.33. The third kappa shape index (κ3) is 3.18. The lowest BCUT2D eigenvalue weighted by Crippen LogP contribution is -2.52. The highest BCUT2D eigenvalue weighted by atomic mass is 16.4. The molecular weight excluding hydrogens is 300 g/mol. The zero-order valence-electron chi connectivity index (χ0n) is 14.4. The fourth-order valence-electron chi connectivity index (χ4n) is 3.97. The Morgan fingerprint density at radius 1 is 1.00 bits per heavy atom. The number of hydrogen-bond donors (Lipinski definition) is 0. The normalized spacial score (nSPS) is 21.3. The van der Waals surface area contributed by atoms with Crippen LogP contribution in [0.2, 0.25) is 0 Å². The Morgan fingerprint density at radius 2 is 1.71 bits per heavy atom. The summed E-state index contributed by atoms with van der Waals surface area (Å²) in [5, 5.41) is 8.51. The van der Waals surface area contributed by atoms with E-state index in [1.807, 2.05) is 18.2 Å². The van der Waals surface area contributed by atoms with E-state index >= 15 is 0 Å². The Kier molecular flexibility index (Phi) is 4.27. The second-order valence-corrected chi connectivity index (χ2v) is 7.32. The predicted octanol–water partition coefficient (Wildman–Crippen LogP) is 3.12. The van der Waals surface area contributed by atoms with Crippen molar-refractivity contribution in [3.05, 3.63) is 41.8 Å². The minimum Gasteiger partial charge on any atom is -0.408 e. The van der Waals surface area contributed by atoms with Crippen LogP contribution in [-0.2, 0) is 6.42 Å². The number of anilines is 1. The van der Waals surface area contributed by atoms with E-state index in [-0.39, 0.29) is 0 Å². The first kappa shape index (κ1) is 15.6. The summed E-state index contributed by atoms with van der Waals surface area (Å²) >= 11 is 0. The van der Waals surface area contributed by atoms with Crippen LogP contribution in [0.15, 0.2) is 34.7 Å². The van der Waals surface area contributed by atoms with Gasteiger partial charge in [0.25, 0.3) is 0 Å². The van der Waals surface area contributed by atoms with E-state index < -0.39 is 0 Å². The van der Waals surface area contributed by atoms with E-state index in [1.165, 1.54) is 44.3 Å². The minimum absolute atomic E-state index is 0.347. The number of nitrogens with zero attached hydrogens (tertiary/aromatic N) is 4. The lowest BCUT2D eigenvalue weighted by molar-refractivity contribution is 0.104. The molecule has 2 aliphatic heterocycles. The maximum Gasteiger partial charge on any atom is 0.318 e. The monoisotopic (exact) mass is 326 g/mol. The third-order valence-corrected chi connectivity index (χ3v) is 5.63. The molecule has 0 saturated carbocycles. The Labute approximate surface area is 143 Å². The van der Waals surface area contributed by atoms with Gasteiger partial charge in [0.1, 0.15) is 0 Å². The molecule has 0 radical (unpaired) electrons. The van der Waals surface area contributed by atoms with E-state index in [9.17, 15) is 0 Å². The van der Waals surface area contributed by atoms with Gasteiger partial charge >= 0.3 is 6.01 Å². The van der Waals surface area contributed by atoms with Crippen LogP contribution >= 0.6 is 0 Å². The standard InChI is InChI=1S/C19H26N4O/c1-19(23-11-5-6-12-23)9-13-22(14-10-19)18-21-20-17(24-18)15-16-7-3-2-4-8-16/h2-4,7-8H,5-6,9-15H2,1H3. The van der Waals surface area contributed by atoms with Gasteiger partial charge in [-0.25, -0.2) is 0 Å². The van der Waals surface area contributed by atoms with Crippen LogP contribution in [0.1, 0.15) is 44.1 Å². The van der Waals surface area contributed by atoms with E-state index in [0.717, 1.165) is 13.1 Å². The average Bonchev–Trinajstić information content (AvgIpc) is 3.29. The molecule has 0 spiro atoms. The van der Waals surface area contributed by atoms with Crippen molar-refractivity contribution in [3.8, 4) is 0 Å². The Morgan fingerprint density at radius 3 is 2.42 bits per heavy atom. The Balaban J connectivity index is 1.37. The number of likely N-dealkylation sites (tertiary alicyclic amines) is 1. The summed E-state index contributed by atoms with van der Waals surface area (Å²) in [5.41, 5.74) is 1.55. The molecule has 2 fully saturated rings. The number of aromatic nitrogens is 2. The maximum atomic E-state index is 5.91. The summed E-state index contributed by atoms with van der Waals surface area (Å²) in [6.45, 7) is 6.95. The minimum atomic E-state index is 0.347. The van der Waals surface area contributed by atoms with Crippen molar-refractivity contribution < 1.29 is 4.42 Å². The predicted molar refractivity (Wildman–Crippen MR) is 94.2 cm³/mol. The number of benzene rings is 1. The fourth-order valence-corrected chi connectivity index (χ4v) is 3.97. The first-order valence-corrected chi connectivity index (χ1v) is 9.09. The quantitative estimate of drug-likeness (QED) is 0.864. The van der Waals surface area contributed by atoms with Crippen LogP contribution in [-0.4, -0.2) is 46.8 Å². The number of hydrogen-bond acceptors (Lipinski definition) is 5. The lowest BCUT2D eigenvalue weighted by atomic mass is 9.88. The van der Waals surface area contributed by atoms with Gasteiger partial charge in [-0.15, -0.1) is 5.10 Å². The molecular formula is C19H26N4O. The molecule has 2 aliphatic rings. The van der Waals surface area contributed by atoms with Crippen molar-refractivity contribution in [1.82, 2.24) is 15.1 Å². The Hall–Kier alpha value is -1.88. The van der Waals surface area contributed by atoms with Gasteiger partial charge < -0.3 is 9.32 Å². The van der Waals surface area contributed by atoms with Crippen LogP contribution < -0.4 is 4.90 Å². The molecule has 4 rings (SSSR count). The van der Waals surface area contributed by atoms with Gasteiger partial charge in [-0.2, -0.15) is 0 Å². The summed E-state index contributed by atoms with van der Waals surface area (Å²) in [4.78, 5) is 4.93. The lowest BCUT2D eigenvalue weighted by Gasteiger charge is -2.44. The first-order chi connectivity index (χ1) is 11.7. The molecule has 2 saturated heterocycles. The molecule has 1 aromatic heterocycles. The van der Waals surface area contributed by atoms with Crippen molar-refractivity contribution in [3.63, 3.8) is 0 Å². The van der Waals surface area contributed by atoms with Crippen molar-refractivity contribution in [2.24, 2.45) is 0 Å². The second-order valence-electron chi connectivity index (χ2n) is 7.32. The molecule has 5 heteroatoms. The molecule has 2 aromatic rings. The molecule has 1 aromatic carbocycles. The summed E-state index contributed by atoms with van der Waals surface area (Å²) in [5.74, 6) is 0.698. The van der Waals surface area contributed by atoms with E-state index in [2.05, 4.69) is 39.1 Å². The molecule has 5 nitrogen and oxygen atoms in total. The summed E-state index contributed by atoms with van der Waals surface area (Å²) in [7, 11) is 0. The van der Waals surface area contributed by atoms with Gasteiger partial charge in [-0.1, -0.05) is 35.4 Å². The highest BCUT2D eigenvalue weighted by molar-refractivity contribution is 5.27. The van der Waals surface area contributed by atoms with E-state index in [0.29, 0.717) is 23.9 Å². The molecule has 0 amide bonds. The van der Waals surface area contributed by atoms with Crippen LogP contribution in [0.3, 0.4) is 0 Å². The van der Waals surface area contributed by atoms with Gasteiger partial charge in [0, 0.05) is 18.6 Å². The van der Waals surface area contributed by atoms with Gasteiger partial charge in [-0.3, -0.25) is 4.90 Å². The van der Waals surface area contributed by atoms with Crippen LogP contribution in [0, 0.1) is 0 Å². The van der Waals surface area contributed by atoms with Crippen molar-refractivity contribution in [2.45, 2.75) is 44.6 Å². The molecule has 0 aliphatic carbocycles. The maximum absolute atomic E-state index is 5.91. The number of rotatable bonds is 4. The molecule has 3 heterocycles. The highest BCUT2D eigenvalue weighted by Gasteiger charge is 2.37. The van der Waals surface area contributed by atoms with Crippen LogP contribution in [0.25, 0.3) is 0 Å². The van der Waals surface area contributed by atoms with E-state index in [1.54, 1.807) is 0 Å². The van der Waals surface area contributed by atoms with Crippen molar-refractivity contribution in [2.75, 3.05) is 31.1 Å². The SMILES string of the molecule is CC1(N2CCCC2)CCN(c2nnc(Cc3ccccc3)o2)CC1. The summed E-state index contributed by atoms with van der Waals surface area (Å²) in [6.07, 6.45) is 5.75. The molecule has 128 valence electrons. The van der Waals surface area contributed by atoms with Gasteiger partial charge in [0.2, 0.25) is 5.89 Å². The zero-order chi connectivity index (χ0) is 16.4. The second kappa shape index (κ2) is 6.55. The smallest absolute Gasteiger partial charge is 0.318 e. The van der Waals surface area contributed by atoms with Crippen molar-refractivity contribution in [1.29, 1.82) is 0 Å². The third-order valence-electron chi connectivity index (χ3n) is 5.63. The zero-order valence-corrected chi connectivity index (χ0v) is 14.4. The topological polar surface area (TPSA) is 45.4 Å². The molecule has 0 unspecified atom stereocenters. The summed E-state index contributed by atoms with van der Waals surface area (Å²) in [6, 6.07) is 11.0. The largest absolute Gasteiger partial charge is 0.408 e. The van der Waals surface area contributed by atoms with Gasteiger partial charge in [0.15, 0.2) is 0 Å². The van der Waals surface area contributed by atoms with Crippen LogP contribution in [0.4, 0.5) is 6.01 Å². The molecule has 0 N–H and O–H groups in total. The molecule has 0 atom stereocenters.